The number of rotatable bonds is 2. The molecule has 12 heavy (non-hydrogen) atoms. The van der Waals surface area contributed by atoms with Gasteiger partial charge in [0.1, 0.15) is 6.33 Å². The van der Waals surface area contributed by atoms with Gasteiger partial charge in [-0.3, -0.25) is 0 Å². The molecule has 0 atom stereocenters. The summed E-state index contributed by atoms with van der Waals surface area (Å²) in [5, 5.41) is 0. The van der Waals surface area contributed by atoms with Crippen LogP contribution in [-0.4, -0.2) is 9.97 Å². The van der Waals surface area contributed by atoms with Crippen molar-refractivity contribution in [3.8, 4) is 0 Å². The molecule has 2 nitrogen and oxygen atoms in total. The van der Waals surface area contributed by atoms with Crippen LogP contribution in [0.25, 0.3) is 12.2 Å². The summed E-state index contributed by atoms with van der Waals surface area (Å²) >= 11 is 0. The summed E-state index contributed by atoms with van der Waals surface area (Å²) < 4.78 is 0. The van der Waals surface area contributed by atoms with Crippen molar-refractivity contribution in [2.45, 2.75) is 13.8 Å². The van der Waals surface area contributed by atoms with Gasteiger partial charge in [0.2, 0.25) is 0 Å². The maximum atomic E-state index is 4.13. The lowest BCUT2D eigenvalue weighted by Gasteiger charge is -1.97. The maximum Gasteiger partial charge on any atom is 0.116 e. The Morgan fingerprint density at radius 3 is 2.83 bits per heavy atom. The summed E-state index contributed by atoms with van der Waals surface area (Å²) in [5.41, 5.74) is 3.12. The largest absolute Gasteiger partial charge is 0.244 e. The van der Waals surface area contributed by atoms with Gasteiger partial charge in [-0.25, -0.2) is 9.97 Å². The second kappa shape index (κ2) is 3.81. The number of hydrogen-bond donors (Lipinski definition) is 0. The second-order valence-electron chi connectivity index (χ2n) is 2.79. The van der Waals surface area contributed by atoms with Crippen molar-refractivity contribution in [3.63, 3.8) is 0 Å². The van der Waals surface area contributed by atoms with Gasteiger partial charge in [0.15, 0.2) is 0 Å². The van der Waals surface area contributed by atoms with Crippen LogP contribution < -0.4 is 0 Å². The first-order valence-corrected chi connectivity index (χ1v) is 3.81. The standard InChI is InChI=1S/C10H12N2/c1-4-9-6-11-7-12-10(9)5-8(2)3/h4-7H,1H2,2-3H3. The third-order valence-electron chi connectivity index (χ3n) is 1.42. The van der Waals surface area contributed by atoms with Crippen molar-refractivity contribution < 1.29 is 0 Å². The molecule has 0 aromatic carbocycles. The molecule has 1 rings (SSSR count). The van der Waals surface area contributed by atoms with E-state index in [1.807, 2.05) is 19.9 Å². The highest BCUT2D eigenvalue weighted by atomic mass is 14.8. The zero-order valence-corrected chi connectivity index (χ0v) is 7.41. The number of nitrogens with zero attached hydrogens (tertiary/aromatic N) is 2. The Morgan fingerprint density at radius 1 is 1.50 bits per heavy atom. The van der Waals surface area contributed by atoms with Gasteiger partial charge in [-0.05, 0) is 19.9 Å². The van der Waals surface area contributed by atoms with Crippen LogP contribution >= 0.6 is 0 Å². The molecule has 0 aliphatic heterocycles. The lowest BCUT2D eigenvalue weighted by atomic mass is 10.2. The fraction of sp³-hybridized carbons (Fsp3) is 0.200. The van der Waals surface area contributed by atoms with E-state index in [9.17, 15) is 0 Å². The van der Waals surface area contributed by atoms with E-state index >= 15 is 0 Å². The van der Waals surface area contributed by atoms with Crippen LogP contribution in [0.15, 0.2) is 24.7 Å². The molecule has 0 spiro atoms. The van der Waals surface area contributed by atoms with E-state index in [1.54, 1.807) is 18.6 Å². The molecule has 1 aromatic rings. The first-order valence-electron chi connectivity index (χ1n) is 3.81. The van der Waals surface area contributed by atoms with Crippen LogP contribution in [0.5, 0.6) is 0 Å². The summed E-state index contributed by atoms with van der Waals surface area (Å²) in [4.78, 5) is 8.04. The summed E-state index contributed by atoms with van der Waals surface area (Å²) in [7, 11) is 0. The van der Waals surface area contributed by atoms with Crippen LogP contribution in [0.4, 0.5) is 0 Å². The van der Waals surface area contributed by atoms with E-state index in [4.69, 9.17) is 0 Å². The fourth-order valence-electron chi connectivity index (χ4n) is 0.901. The molecule has 0 saturated heterocycles. The average molecular weight is 160 g/mol. The van der Waals surface area contributed by atoms with Gasteiger partial charge in [0.05, 0.1) is 5.69 Å². The van der Waals surface area contributed by atoms with Gasteiger partial charge >= 0.3 is 0 Å². The molecular weight excluding hydrogens is 148 g/mol. The minimum Gasteiger partial charge on any atom is -0.244 e. The van der Waals surface area contributed by atoms with Crippen LogP contribution in [0.1, 0.15) is 25.1 Å². The molecule has 0 fully saturated rings. The van der Waals surface area contributed by atoms with Gasteiger partial charge in [0, 0.05) is 11.8 Å². The topological polar surface area (TPSA) is 25.8 Å². The molecule has 0 radical (unpaired) electrons. The summed E-state index contributed by atoms with van der Waals surface area (Å²) in [6, 6.07) is 0. The number of hydrogen-bond acceptors (Lipinski definition) is 2. The van der Waals surface area contributed by atoms with E-state index in [0.29, 0.717) is 0 Å². The average Bonchev–Trinajstić information content (AvgIpc) is 2.04. The van der Waals surface area contributed by atoms with Crippen molar-refractivity contribution in [1.82, 2.24) is 9.97 Å². The second-order valence-corrected chi connectivity index (χ2v) is 2.79. The molecule has 0 saturated carbocycles. The Kier molecular flexibility index (Phi) is 2.75. The molecule has 62 valence electrons. The molecular formula is C10H12N2. The summed E-state index contributed by atoms with van der Waals surface area (Å²) in [6.45, 7) is 7.76. The quantitative estimate of drug-likeness (QED) is 0.664. The highest BCUT2D eigenvalue weighted by Crippen LogP contribution is 2.09. The molecule has 0 aliphatic rings. The van der Waals surface area contributed by atoms with Gasteiger partial charge in [-0.1, -0.05) is 18.2 Å². The Bertz CT molecular complexity index is 309. The van der Waals surface area contributed by atoms with Crippen molar-refractivity contribution >= 4 is 12.2 Å². The van der Waals surface area contributed by atoms with E-state index in [-0.39, 0.29) is 0 Å². The molecule has 1 heterocycles. The molecule has 2 heteroatoms. The minimum atomic E-state index is 0.931. The summed E-state index contributed by atoms with van der Waals surface area (Å²) in [6.07, 6.45) is 7.07. The van der Waals surface area contributed by atoms with Crippen molar-refractivity contribution in [2.75, 3.05) is 0 Å². The van der Waals surface area contributed by atoms with Crippen molar-refractivity contribution in [2.24, 2.45) is 0 Å². The molecule has 0 bridgehead atoms. The van der Waals surface area contributed by atoms with Crippen molar-refractivity contribution in [1.29, 1.82) is 0 Å². The zero-order valence-electron chi connectivity index (χ0n) is 7.41. The Morgan fingerprint density at radius 2 is 2.25 bits per heavy atom. The highest BCUT2D eigenvalue weighted by Gasteiger charge is 1.95. The lowest BCUT2D eigenvalue weighted by Crippen LogP contribution is -1.87. The van der Waals surface area contributed by atoms with E-state index in [0.717, 1.165) is 11.3 Å². The molecule has 0 amide bonds. The van der Waals surface area contributed by atoms with Crippen LogP contribution in [0.3, 0.4) is 0 Å². The van der Waals surface area contributed by atoms with E-state index in [2.05, 4.69) is 16.5 Å². The Balaban J connectivity index is 3.14. The predicted molar refractivity (Wildman–Crippen MR) is 51.4 cm³/mol. The Hall–Kier alpha value is -1.44. The fourth-order valence-corrected chi connectivity index (χ4v) is 0.901. The third kappa shape index (κ3) is 2.02. The van der Waals surface area contributed by atoms with Crippen LogP contribution in [0.2, 0.25) is 0 Å². The SMILES string of the molecule is C=Cc1cncnc1C=C(C)C. The molecule has 0 unspecified atom stereocenters. The van der Waals surface area contributed by atoms with E-state index in [1.165, 1.54) is 5.57 Å². The van der Waals surface area contributed by atoms with Crippen molar-refractivity contribution in [3.05, 3.63) is 35.9 Å². The van der Waals surface area contributed by atoms with Crippen LogP contribution in [-0.2, 0) is 0 Å². The normalized spacial score (nSPS) is 9.17. The molecule has 1 aromatic heterocycles. The third-order valence-corrected chi connectivity index (χ3v) is 1.42. The maximum absolute atomic E-state index is 4.13. The van der Waals surface area contributed by atoms with Gasteiger partial charge < -0.3 is 0 Å². The minimum absolute atomic E-state index is 0.931. The summed E-state index contributed by atoms with van der Waals surface area (Å²) in [5.74, 6) is 0. The number of allylic oxidation sites excluding steroid dienone is 1. The van der Waals surface area contributed by atoms with Gasteiger partial charge in [0.25, 0.3) is 0 Å². The monoisotopic (exact) mass is 160 g/mol. The van der Waals surface area contributed by atoms with Crippen LogP contribution in [0, 0.1) is 0 Å². The first kappa shape index (κ1) is 8.65. The lowest BCUT2D eigenvalue weighted by molar-refractivity contribution is 1.14. The molecule has 0 aliphatic carbocycles. The zero-order chi connectivity index (χ0) is 8.97. The van der Waals surface area contributed by atoms with Gasteiger partial charge in [-0.15, -0.1) is 0 Å². The predicted octanol–water partition coefficient (Wildman–Crippen LogP) is 2.54. The Labute approximate surface area is 72.7 Å². The first-order chi connectivity index (χ1) is 5.74. The number of aromatic nitrogens is 2. The van der Waals surface area contributed by atoms with Gasteiger partial charge in [-0.2, -0.15) is 0 Å². The molecule has 0 N–H and O–H groups in total. The highest BCUT2D eigenvalue weighted by molar-refractivity contribution is 5.61. The smallest absolute Gasteiger partial charge is 0.116 e. The van der Waals surface area contributed by atoms with E-state index < -0.39 is 0 Å².